The average molecular weight is 720 g/mol. The van der Waals surface area contributed by atoms with Crippen LogP contribution in [0.25, 0.3) is 22.6 Å². The number of hydrogen-bond donors (Lipinski definition) is 1. The number of carbonyl (C=O) groups excluding carboxylic acids is 4. The van der Waals surface area contributed by atoms with Crippen molar-refractivity contribution >= 4 is 57.7 Å². The topological polar surface area (TPSA) is 121 Å². The zero-order chi connectivity index (χ0) is 36.2. The summed E-state index contributed by atoms with van der Waals surface area (Å²) in [6, 6.07) is 21.6. The summed E-state index contributed by atoms with van der Waals surface area (Å²) in [6.07, 6.45) is 2.00. The van der Waals surface area contributed by atoms with Gasteiger partial charge in [-0.3, -0.25) is 24.1 Å². The van der Waals surface area contributed by atoms with Crippen molar-refractivity contribution in [3.05, 3.63) is 119 Å². The van der Waals surface area contributed by atoms with E-state index >= 15 is 0 Å². The highest BCUT2D eigenvalue weighted by Gasteiger charge is 2.68. The van der Waals surface area contributed by atoms with Gasteiger partial charge in [-0.25, -0.2) is 18.7 Å². The number of nitrogens with zero attached hydrogens (tertiary/aromatic N) is 3. The summed E-state index contributed by atoms with van der Waals surface area (Å²) in [4.78, 5) is 64.0. The molecule has 260 valence electrons. The third-order valence-electron chi connectivity index (χ3n) is 11.4. The molecule has 2 saturated heterocycles. The number of allylic oxidation sites excluding steroid dienone is 2. The van der Waals surface area contributed by atoms with Gasteiger partial charge < -0.3 is 9.52 Å². The third-order valence-corrected chi connectivity index (χ3v) is 11.7. The Kier molecular flexibility index (Phi) is 7.08. The molecule has 0 bridgehead atoms. The van der Waals surface area contributed by atoms with Gasteiger partial charge in [-0.05, 0) is 86.3 Å². The molecule has 0 spiro atoms. The number of aromatic nitrogens is 1. The van der Waals surface area contributed by atoms with Crippen LogP contribution in [0, 0.1) is 40.7 Å². The number of oxazole rings is 1. The molecule has 9 nitrogen and oxygen atoms in total. The summed E-state index contributed by atoms with van der Waals surface area (Å²) in [6.45, 7) is 1.60. The van der Waals surface area contributed by atoms with Crippen molar-refractivity contribution in [2.45, 2.75) is 25.7 Å². The lowest BCUT2D eigenvalue weighted by Gasteiger charge is -2.49. The van der Waals surface area contributed by atoms with E-state index in [1.807, 2.05) is 30.3 Å². The molecule has 1 aromatic heterocycles. The maximum atomic E-state index is 15.0. The summed E-state index contributed by atoms with van der Waals surface area (Å²) < 4.78 is 35.0. The fourth-order valence-corrected chi connectivity index (χ4v) is 9.17. The molecule has 2 aliphatic carbocycles. The van der Waals surface area contributed by atoms with Crippen molar-refractivity contribution < 1.29 is 37.5 Å². The van der Waals surface area contributed by atoms with Crippen LogP contribution < -0.4 is 9.80 Å². The SMILES string of the molecule is C[C@@]12C(=O)N(c3ccc(F)c(Cl)c3)C(=O)[C@@H]1C[C@@H]1C(=CC[C@@H]3C(=O)N(c4ccc(-c5nc6ccccc6o5)cc4)C(=O)[C@@H]31)[C@@H]2c1cccc(F)c1O. The predicted octanol–water partition coefficient (Wildman–Crippen LogP) is 7.57. The second-order valence-electron chi connectivity index (χ2n) is 14.0. The van der Waals surface area contributed by atoms with Gasteiger partial charge in [0, 0.05) is 17.0 Å². The van der Waals surface area contributed by atoms with Crippen LogP contribution in [0.15, 0.2) is 101 Å². The van der Waals surface area contributed by atoms with Crippen LogP contribution in [0.2, 0.25) is 5.02 Å². The smallest absolute Gasteiger partial charge is 0.241 e. The first-order valence-corrected chi connectivity index (χ1v) is 17.2. The van der Waals surface area contributed by atoms with E-state index in [9.17, 15) is 33.1 Å². The summed E-state index contributed by atoms with van der Waals surface area (Å²) in [5.41, 5.74) is 1.52. The van der Waals surface area contributed by atoms with Gasteiger partial charge in [0.15, 0.2) is 17.1 Å². The molecule has 5 aromatic rings. The zero-order valence-corrected chi connectivity index (χ0v) is 28.2. The molecular formula is C40H28ClF2N3O6. The molecule has 6 atom stereocenters. The van der Waals surface area contributed by atoms with E-state index < -0.39 is 76.0 Å². The molecular weight excluding hydrogens is 692 g/mol. The lowest BCUT2D eigenvalue weighted by Crippen LogP contribution is -2.49. The molecule has 3 heterocycles. The number of benzene rings is 4. The number of phenols is 1. The maximum absolute atomic E-state index is 15.0. The first-order valence-electron chi connectivity index (χ1n) is 16.8. The average Bonchev–Trinajstić information content (AvgIpc) is 3.74. The van der Waals surface area contributed by atoms with Crippen LogP contribution in [-0.4, -0.2) is 33.7 Å². The largest absolute Gasteiger partial charge is 0.505 e. The Morgan fingerprint density at radius 2 is 1.60 bits per heavy atom. The first kappa shape index (κ1) is 32.2. The van der Waals surface area contributed by atoms with Gasteiger partial charge in [-0.15, -0.1) is 0 Å². The fourth-order valence-electron chi connectivity index (χ4n) is 9.00. The normalized spacial score (nSPS) is 26.8. The second-order valence-corrected chi connectivity index (χ2v) is 14.4. The Bertz CT molecular complexity index is 2390. The molecule has 2 aliphatic heterocycles. The van der Waals surface area contributed by atoms with E-state index in [0.29, 0.717) is 33.8 Å². The number of amides is 4. The second kappa shape index (κ2) is 11.4. The van der Waals surface area contributed by atoms with E-state index in [1.54, 1.807) is 31.2 Å². The Balaban J connectivity index is 1.11. The van der Waals surface area contributed by atoms with E-state index in [2.05, 4.69) is 4.98 Å². The lowest BCUT2D eigenvalue weighted by atomic mass is 9.51. The van der Waals surface area contributed by atoms with Crippen molar-refractivity contribution in [3.8, 4) is 17.2 Å². The fraction of sp³-hybridized carbons (Fsp3) is 0.225. The van der Waals surface area contributed by atoms with Gasteiger partial charge in [-0.1, -0.05) is 47.5 Å². The molecule has 0 unspecified atom stereocenters. The van der Waals surface area contributed by atoms with Crippen molar-refractivity contribution in [3.63, 3.8) is 0 Å². The van der Waals surface area contributed by atoms with E-state index in [4.69, 9.17) is 16.0 Å². The van der Waals surface area contributed by atoms with Crippen molar-refractivity contribution in [2.75, 3.05) is 9.80 Å². The number of halogens is 3. The summed E-state index contributed by atoms with van der Waals surface area (Å²) in [7, 11) is 0. The van der Waals surface area contributed by atoms with Crippen LogP contribution in [0.5, 0.6) is 5.75 Å². The Morgan fingerprint density at radius 1 is 0.846 bits per heavy atom. The Labute approximate surface area is 300 Å². The van der Waals surface area contributed by atoms with Crippen molar-refractivity contribution in [2.24, 2.45) is 29.1 Å². The molecule has 4 aliphatic rings. The van der Waals surface area contributed by atoms with Crippen LogP contribution in [0.4, 0.5) is 20.2 Å². The quantitative estimate of drug-likeness (QED) is 0.150. The minimum absolute atomic E-state index is 0.0373. The molecule has 3 fully saturated rings. The van der Waals surface area contributed by atoms with Crippen LogP contribution in [-0.2, 0) is 19.2 Å². The van der Waals surface area contributed by atoms with Crippen LogP contribution in [0.3, 0.4) is 0 Å². The van der Waals surface area contributed by atoms with Crippen molar-refractivity contribution in [1.29, 1.82) is 0 Å². The number of hydrogen-bond acceptors (Lipinski definition) is 7. The molecule has 9 rings (SSSR count). The molecule has 52 heavy (non-hydrogen) atoms. The van der Waals surface area contributed by atoms with Crippen molar-refractivity contribution in [1.82, 2.24) is 4.98 Å². The molecule has 4 amide bonds. The number of aromatic hydroxyl groups is 1. The predicted molar refractivity (Wildman–Crippen MR) is 186 cm³/mol. The van der Waals surface area contributed by atoms with Gasteiger partial charge in [0.25, 0.3) is 0 Å². The number of fused-ring (bicyclic) bond motifs is 5. The zero-order valence-electron chi connectivity index (χ0n) is 27.4. The van der Waals surface area contributed by atoms with E-state index in [1.165, 1.54) is 29.2 Å². The lowest BCUT2D eigenvalue weighted by molar-refractivity contribution is -0.131. The molecule has 0 radical (unpaired) electrons. The van der Waals surface area contributed by atoms with Gasteiger partial charge >= 0.3 is 0 Å². The highest BCUT2D eigenvalue weighted by Crippen LogP contribution is 2.64. The van der Waals surface area contributed by atoms with Gasteiger partial charge in [0.1, 0.15) is 11.3 Å². The van der Waals surface area contributed by atoms with E-state index in [-0.39, 0.29) is 29.1 Å². The first-order chi connectivity index (χ1) is 25.0. The number of para-hydroxylation sites is 3. The number of carbonyl (C=O) groups is 4. The summed E-state index contributed by atoms with van der Waals surface area (Å²) >= 11 is 6.06. The molecule has 1 N–H and O–H groups in total. The monoisotopic (exact) mass is 719 g/mol. The number of imide groups is 2. The highest BCUT2D eigenvalue weighted by molar-refractivity contribution is 6.32. The van der Waals surface area contributed by atoms with E-state index in [0.717, 1.165) is 17.0 Å². The maximum Gasteiger partial charge on any atom is 0.241 e. The van der Waals surface area contributed by atoms with Gasteiger partial charge in [0.05, 0.1) is 39.6 Å². The summed E-state index contributed by atoms with van der Waals surface area (Å²) in [5, 5.41) is 10.8. The van der Waals surface area contributed by atoms with Crippen LogP contribution >= 0.6 is 11.6 Å². The van der Waals surface area contributed by atoms with Gasteiger partial charge in [0.2, 0.25) is 29.5 Å². The molecule has 12 heteroatoms. The van der Waals surface area contributed by atoms with Gasteiger partial charge in [-0.2, -0.15) is 0 Å². The third kappa shape index (κ3) is 4.41. The standard InChI is InChI=1S/C40H28ClF2N3O6/c1-40-26(37(49)46(39(40)51)21-13-16-28(42)27(41)17-21)18-25-22(33(40)24-5-4-6-29(43)34(24)47)14-15-23-32(25)38(50)45(36(23)48)20-11-9-19(10-12-20)35-44-30-7-2-3-8-31(30)52-35/h2-14,16-17,23,25-26,32-33,47H,15,18H2,1H3/t23-,25+,26-,32-,33+,40+/m0/s1. The Morgan fingerprint density at radius 3 is 2.35 bits per heavy atom. The number of rotatable bonds is 4. The van der Waals surface area contributed by atoms with Crippen LogP contribution in [0.1, 0.15) is 31.2 Å². The number of phenolic OH excluding ortho intramolecular Hbond substituents is 1. The minimum atomic E-state index is -1.54. The number of anilines is 2. The Hall–Kier alpha value is -5.68. The molecule has 1 saturated carbocycles. The highest BCUT2D eigenvalue weighted by atomic mass is 35.5. The molecule has 4 aromatic carbocycles. The minimum Gasteiger partial charge on any atom is -0.505 e. The summed E-state index contributed by atoms with van der Waals surface area (Å²) in [5.74, 6) is -8.39.